The highest BCUT2D eigenvalue weighted by Crippen LogP contribution is 2.26. The van der Waals surface area contributed by atoms with Crippen LogP contribution in [0.15, 0.2) is 30.3 Å². The molecule has 1 heterocycles. The average Bonchev–Trinajstić information content (AvgIpc) is 2.38. The van der Waals surface area contributed by atoms with Crippen LogP contribution in [-0.4, -0.2) is 28.2 Å². The number of nitrogens with zero attached hydrogens (tertiary/aromatic N) is 2. The molecule has 0 amide bonds. The molecule has 0 radical (unpaired) electrons. The number of methoxy groups -OCH3 is 1. The Bertz CT molecular complexity index is 597. The second-order valence-corrected chi connectivity index (χ2v) is 3.72. The molecule has 0 aliphatic carbocycles. The maximum absolute atomic E-state index is 11.0. The van der Waals surface area contributed by atoms with E-state index in [1.165, 1.54) is 6.07 Å². The predicted octanol–water partition coefficient (Wildman–Crippen LogP) is 2.16. The minimum absolute atomic E-state index is 0.0246. The number of benzene rings is 1. The molecule has 1 aromatic heterocycles. The topological polar surface area (TPSA) is 72.3 Å². The molecule has 0 aliphatic rings. The lowest BCUT2D eigenvalue weighted by Gasteiger charge is -2.08. The molecule has 92 valence electrons. The van der Waals surface area contributed by atoms with Crippen molar-refractivity contribution in [2.45, 2.75) is 6.92 Å². The summed E-state index contributed by atoms with van der Waals surface area (Å²) in [5, 5.41) is 8.99. The van der Waals surface area contributed by atoms with Gasteiger partial charge in [0.1, 0.15) is 5.75 Å². The van der Waals surface area contributed by atoms with Crippen LogP contribution in [0.25, 0.3) is 11.4 Å². The van der Waals surface area contributed by atoms with Crippen LogP contribution in [0.1, 0.15) is 16.2 Å². The number of hydrogen-bond donors (Lipinski definition) is 1. The number of carboxylic acids is 1. The molecule has 2 rings (SSSR count). The first-order valence-corrected chi connectivity index (χ1v) is 5.34. The number of rotatable bonds is 3. The summed E-state index contributed by atoms with van der Waals surface area (Å²) in [6.07, 6.45) is 0. The minimum Gasteiger partial charge on any atom is -0.496 e. The van der Waals surface area contributed by atoms with Crippen molar-refractivity contribution in [2.75, 3.05) is 7.11 Å². The molecule has 5 nitrogen and oxygen atoms in total. The zero-order valence-electron chi connectivity index (χ0n) is 10.0. The Morgan fingerprint density at radius 3 is 2.67 bits per heavy atom. The van der Waals surface area contributed by atoms with Crippen molar-refractivity contribution in [3.63, 3.8) is 0 Å². The Kier molecular flexibility index (Phi) is 3.23. The number of aryl methyl sites for hydroxylation is 1. The van der Waals surface area contributed by atoms with Crippen LogP contribution in [0.3, 0.4) is 0 Å². The van der Waals surface area contributed by atoms with Gasteiger partial charge in [0, 0.05) is 5.69 Å². The molecule has 5 heteroatoms. The van der Waals surface area contributed by atoms with Crippen molar-refractivity contribution in [3.8, 4) is 17.1 Å². The van der Waals surface area contributed by atoms with Crippen LogP contribution >= 0.6 is 0 Å². The minimum atomic E-state index is -1.07. The summed E-state index contributed by atoms with van der Waals surface area (Å²) < 4.78 is 5.21. The summed E-state index contributed by atoms with van der Waals surface area (Å²) in [4.78, 5) is 19.2. The molecule has 0 fully saturated rings. The first-order valence-electron chi connectivity index (χ1n) is 5.34. The summed E-state index contributed by atoms with van der Waals surface area (Å²) in [5.74, 6) is -0.110. The Balaban J connectivity index is 2.60. The van der Waals surface area contributed by atoms with Gasteiger partial charge >= 0.3 is 5.97 Å². The van der Waals surface area contributed by atoms with Gasteiger partial charge in [-0.25, -0.2) is 14.8 Å². The Hall–Kier alpha value is -2.43. The standard InChI is InChI=1S/C13H12N2O3/c1-8-7-10(13(16)17)15-12(14-8)9-5-3-4-6-11(9)18-2/h3-7H,1-2H3,(H,16,17). The van der Waals surface area contributed by atoms with Crippen LogP contribution in [-0.2, 0) is 0 Å². The number of carboxylic acid groups (broad SMARTS) is 1. The number of carbonyl (C=O) groups is 1. The highest BCUT2D eigenvalue weighted by Gasteiger charge is 2.12. The van der Waals surface area contributed by atoms with E-state index < -0.39 is 5.97 Å². The average molecular weight is 244 g/mol. The van der Waals surface area contributed by atoms with E-state index in [0.29, 0.717) is 22.8 Å². The molecule has 1 aromatic carbocycles. The van der Waals surface area contributed by atoms with E-state index in [1.54, 1.807) is 26.2 Å². The Morgan fingerprint density at radius 2 is 2.00 bits per heavy atom. The molecular weight excluding hydrogens is 232 g/mol. The molecule has 2 aromatic rings. The third-order valence-corrected chi connectivity index (χ3v) is 2.42. The lowest BCUT2D eigenvalue weighted by molar-refractivity contribution is 0.0690. The number of aromatic carboxylic acids is 1. The quantitative estimate of drug-likeness (QED) is 0.895. The van der Waals surface area contributed by atoms with Crippen molar-refractivity contribution in [1.29, 1.82) is 0 Å². The monoisotopic (exact) mass is 244 g/mol. The van der Waals surface area contributed by atoms with E-state index in [1.807, 2.05) is 12.1 Å². The molecule has 0 spiro atoms. The molecular formula is C13H12N2O3. The number of aromatic nitrogens is 2. The van der Waals surface area contributed by atoms with Gasteiger partial charge in [-0.2, -0.15) is 0 Å². The van der Waals surface area contributed by atoms with E-state index in [2.05, 4.69) is 9.97 Å². The van der Waals surface area contributed by atoms with Gasteiger partial charge in [-0.3, -0.25) is 0 Å². The maximum atomic E-state index is 11.0. The normalized spacial score (nSPS) is 10.1. The van der Waals surface area contributed by atoms with E-state index in [9.17, 15) is 4.79 Å². The fourth-order valence-electron chi connectivity index (χ4n) is 1.63. The van der Waals surface area contributed by atoms with Crippen LogP contribution in [0, 0.1) is 6.92 Å². The van der Waals surface area contributed by atoms with Crippen LogP contribution in [0.5, 0.6) is 5.75 Å². The van der Waals surface area contributed by atoms with Crippen LogP contribution < -0.4 is 4.74 Å². The summed E-state index contributed by atoms with van der Waals surface area (Å²) in [7, 11) is 1.55. The van der Waals surface area contributed by atoms with E-state index in [-0.39, 0.29) is 5.69 Å². The van der Waals surface area contributed by atoms with Gasteiger partial charge in [-0.05, 0) is 25.1 Å². The third kappa shape index (κ3) is 2.29. The molecule has 0 saturated carbocycles. The molecule has 18 heavy (non-hydrogen) atoms. The number of hydrogen-bond acceptors (Lipinski definition) is 4. The molecule has 0 saturated heterocycles. The first kappa shape index (κ1) is 12.0. The SMILES string of the molecule is COc1ccccc1-c1nc(C)cc(C(=O)O)n1. The lowest BCUT2D eigenvalue weighted by Crippen LogP contribution is -2.04. The number of ether oxygens (including phenoxy) is 1. The second kappa shape index (κ2) is 4.83. The maximum Gasteiger partial charge on any atom is 0.354 e. The van der Waals surface area contributed by atoms with Crippen molar-refractivity contribution in [2.24, 2.45) is 0 Å². The van der Waals surface area contributed by atoms with Crippen molar-refractivity contribution >= 4 is 5.97 Å². The summed E-state index contributed by atoms with van der Waals surface area (Å²) >= 11 is 0. The Labute approximate surface area is 104 Å². The molecule has 1 N–H and O–H groups in total. The van der Waals surface area contributed by atoms with Crippen molar-refractivity contribution in [1.82, 2.24) is 9.97 Å². The first-order chi connectivity index (χ1) is 8.61. The van der Waals surface area contributed by atoms with Gasteiger partial charge in [0.2, 0.25) is 0 Å². The van der Waals surface area contributed by atoms with E-state index >= 15 is 0 Å². The van der Waals surface area contributed by atoms with Crippen LogP contribution in [0.2, 0.25) is 0 Å². The lowest BCUT2D eigenvalue weighted by atomic mass is 10.1. The zero-order chi connectivity index (χ0) is 13.1. The fraction of sp³-hybridized carbons (Fsp3) is 0.154. The predicted molar refractivity (Wildman–Crippen MR) is 65.7 cm³/mol. The molecule has 0 bridgehead atoms. The van der Waals surface area contributed by atoms with Gasteiger partial charge in [0.25, 0.3) is 0 Å². The second-order valence-electron chi connectivity index (χ2n) is 3.72. The van der Waals surface area contributed by atoms with E-state index in [4.69, 9.17) is 9.84 Å². The highest BCUT2D eigenvalue weighted by atomic mass is 16.5. The van der Waals surface area contributed by atoms with Gasteiger partial charge in [0.15, 0.2) is 11.5 Å². The third-order valence-electron chi connectivity index (χ3n) is 2.42. The molecule has 0 aliphatic heterocycles. The smallest absolute Gasteiger partial charge is 0.354 e. The van der Waals surface area contributed by atoms with Gasteiger partial charge in [0.05, 0.1) is 12.7 Å². The van der Waals surface area contributed by atoms with Gasteiger partial charge in [-0.15, -0.1) is 0 Å². The van der Waals surface area contributed by atoms with Gasteiger partial charge < -0.3 is 9.84 Å². The largest absolute Gasteiger partial charge is 0.496 e. The summed E-state index contributed by atoms with van der Waals surface area (Å²) in [6, 6.07) is 8.65. The van der Waals surface area contributed by atoms with Crippen molar-refractivity contribution < 1.29 is 14.6 Å². The van der Waals surface area contributed by atoms with Crippen molar-refractivity contribution in [3.05, 3.63) is 41.7 Å². The van der Waals surface area contributed by atoms with Gasteiger partial charge in [-0.1, -0.05) is 12.1 Å². The molecule has 0 unspecified atom stereocenters. The van der Waals surface area contributed by atoms with Crippen LogP contribution in [0.4, 0.5) is 0 Å². The zero-order valence-corrected chi connectivity index (χ0v) is 10.0. The number of para-hydroxylation sites is 1. The fourth-order valence-corrected chi connectivity index (χ4v) is 1.63. The van der Waals surface area contributed by atoms with E-state index in [0.717, 1.165) is 0 Å². The highest BCUT2D eigenvalue weighted by molar-refractivity contribution is 5.86. The summed E-state index contributed by atoms with van der Waals surface area (Å²) in [6.45, 7) is 1.73. The Morgan fingerprint density at radius 1 is 1.28 bits per heavy atom. The molecule has 0 atom stereocenters. The summed E-state index contributed by atoms with van der Waals surface area (Å²) in [5.41, 5.74) is 1.25.